The van der Waals surface area contributed by atoms with Crippen molar-refractivity contribution in [2.45, 2.75) is 18.3 Å². The zero-order chi connectivity index (χ0) is 15.6. The maximum Gasteiger partial charge on any atom is 0.325 e. The Morgan fingerprint density at radius 1 is 1.52 bits per heavy atom. The number of guanidine groups is 1. The van der Waals surface area contributed by atoms with Crippen LogP contribution in [0.1, 0.15) is 0 Å². The van der Waals surface area contributed by atoms with E-state index in [4.69, 9.17) is 5.11 Å². The molecule has 2 aliphatic rings. The highest BCUT2D eigenvalue weighted by Crippen LogP contribution is 2.20. The van der Waals surface area contributed by atoms with Gasteiger partial charge in [0.15, 0.2) is 12.0 Å². The van der Waals surface area contributed by atoms with Crippen LogP contribution in [0.25, 0.3) is 0 Å². The van der Waals surface area contributed by atoms with Crippen molar-refractivity contribution in [3.05, 3.63) is 12.7 Å². The van der Waals surface area contributed by atoms with Crippen LogP contribution in [0.5, 0.6) is 0 Å². The SMILES string of the molecule is C=CCN=C1NC2C(C(=O)NC(=O)N2C)N1CC(O)CO. The fraction of sp³-hybridized carbons (Fsp3) is 0.583. The van der Waals surface area contributed by atoms with E-state index in [9.17, 15) is 14.7 Å². The van der Waals surface area contributed by atoms with E-state index in [1.807, 2.05) is 0 Å². The van der Waals surface area contributed by atoms with Crippen molar-refractivity contribution in [1.29, 1.82) is 0 Å². The van der Waals surface area contributed by atoms with Gasteiger partial charge in [-0.15, -0.1) is 6.58 Å². The molecular weight excluding hydrogens is 278 g/mol. The van der Waals surface area contributed by atoms with Crippen molar-refractivity contribution >= 4 is 17.9 Å². The van der Waals surface area contributed by atoms with E-state index in [0.717, 1.165) is 0 Å². The maximum absolute atomic E-state index is 12.1. The molecule has 0 aliphatic carbocycles. The second kappa shape index (κ2) is 6.10. The molecule has 3 unspecified atom stereocenters. The molecule has 2 aliphatic heterocycles. The summed E-state index contributed by atoms with van der Waals surface area (Å²) in [6.07, 6.45) is 0.00242. The second-order valence-electron chi connectivity index (χ2n) is 4.88. The molecule has 0 spiro atoms. The largest absolute Gasteiger partial charge is 0.394 e. The van der Waals surface area contributed by atoms with Gasteiger partial charge < -0.3 is 25.3 Å². The number of carbonyl (C=O) groups is 2. The summed E-state index contributed by atoms with van der Waals surface area (Å²) in [5, 5.41) is 23.9. The van der Waals surface area contributed by atoms with Crippen LogP contribution in [-0.2, 0) is 4.79 Å². The molecule has 0 bridgehead atoms. The minimum absolute atomic E-state index is 0.0239. The van der Waals surface area contributed by atoms with E-state index in [0.29, 0.717) is 12.5 Å². The number of hydrogen-bond acceptors (Lipinski definition) is 5. The number of nitrogens with zero attached hydrogens (tertiary/aromatic N) is 3. The lowest BCUT2D eigenvalue weighted by Crippen LogP contribution is -2.65. The number of fused-ring (bicyclic) bond motifs is 1. The zero-order valence-electron chi connectivity index (χ0n) is 11.7. The van der Waals surface area contributed by atoms with Crippen LogP contribution in [0.15, 0.2) is 17.6 Å². The molecule has 0 saturated carbocycles. The highest BCUT2D eigenvalue weighted by Gasteiger charge is 2.49. The van der Waals surface area contributed by atoms with Crippen LogP contribution in [0.3, 0.4) is 0 Å². The Morgan fingerprint density at radius 2 is 2.24 bits per heavy atom. The second-order valence-corrected chi connectivity index (χ2v) is 4.88. The summed E-state index contributed by atoms with van der Waals surface area (Å²) in [5.41, 5.74) is 0. The first kappa shape index (κ1) is 15.3. The standard InChI is InChI=1S/C12H19N5O4/c1-3-4-13-11-14-9-8(17(11)5-7(19)6-18)10(20)15-12(21)16(9)2/h3,7-9,18-19H,1,4-6H2,2H3,(H,13,14)(H,15,20,21). The van der Waals surface area contributed by atoms with Crippen LogP contribution in [0.2, 0.25) is 0 Å². The molecule has 9 heteroatoms. The molecule has 116 valence electrons. The molecule has 2 saturated heterocycles. The van der Waals surface area contributed by atoms with Gasteiger partial charge in [0.05, 0.1) is 19.3 Å². The molecule has 0 aromatic rings. The first-order chi connectivity index (χ1) is 9.99. The number of β-amino-alcohol motifs (C(OH)–C–C–N with tert-alkyl or cyclic N) is 1. The van der Waals surface area contributed by atoms with Crippen molar-refractivity contribution in [3.63, 3.8) is 0 Å². The molecule has 9 nitrogen and oxygen atoms in total. The number of nitrogens with one attached hydrogen (secondary N) is 2. The van der Waals surface area contributed by atoms with Crippen LogP contribution in [0, 0.1) is 0 Å². The minimum atomic E-state index is -1.02. The average molecular weight is 297 g/mol. The number of hydrogen-bond donors (Lipinski definition) is 4. The number of aliphatic imine (C=N–C) groups is 1. The summed E-state index contributed by atoms with van der Waals surface area (Å²) in [4.78, 5) is 30.9. The van der Waals surface area contributed by atoms with E-state index in [1.165, 1.54) is 4.90 Å². The molecule has 2 rings (SSSR count). The molecule has 2 fully saturated rings. The Bertz CT molecular complexity index is 480. The van der Waals surface area contributed by atoms with Gasteiger partial charge >= 0.3 is 6.03 Å². The first-order valence-electron chi connectivity index (χ1n) is 6.54. The third kappa shape index (κ3) is 2.83. The smallest absolute Gasteiger partial charge is 0.325 e. The lowest BCUT2D eigenvalue weighted by molar-refractivity contribution is -0.127. The van der Waals surface area contributed by atoms with E-state index < -0.39 is 36.9 Å². The summed E-state index contributed by atoms with van der Waals surface area (Å²) >= 11 is 0. The Balaban J connectivity index is 2.29. The molecule has 0 aromatic heterocycles. The molecular formula is C12H19N5O4. The number of urea groups is 1. The van der Waals surface area contributed by atoms with Crippen molar-refractivity contribution in [2.24, 2.45) is 4.99 Å². The van der Waals surface area contributed by atoms with E-state index >= 15 is 0 Å². The van der Waals surface area contributed by atoms with Gasteiger partial charge in [-0.05, 0) is 0 Å². The van der Waals surface area contributed by atoms with Crippen LogP contribution in [-0.4, -0.2) is 83.0 Å². The number of carbonyl (C=O) groups excluding carboxylic acids is 2. The number of aliphatic hydroxyl groups excluding tert-OH is 2. The Hall–Kier alpha value is -2.13. The quantitative estimate of drug-likeness (QED) is 0.423. The fourth-order valence-corrected chi connectivity index (χ4v) is 2.36. The summed E-state index contributed by atoms with van der Waals surface area (Å²) in [7, 11) is 1.56. The van der Waals surface area contributed by atoms with Crippen molar-refractivity contribution in [1.82, 2.24) is 20.4 Å². The molecule has 4 N–H and O–H groups in total. The molecule has 0 radical (unpaired) electrons. The molecule has 2 heterocycles. The van der Waals surface area contributed by atoms with Gasteiger partial charge in [0.25, 0.3) is 5.91 Å². The first-order valence-corrected chi connectivity index (χ1v) is 6.54. The number of rotatable bonds is 5. The number of imide groups is 1. The zero-order valence-corrected chi connectivity index (χ0v) is 11.7. The Labute approximate surface area is 121 Å². The van der Waals surface area contributed by atoms with Crippen LogP contribution < -0.4 is 10.6 Å². The molecule has 3 amide bonds. The van der Waals surface area contributed by atoms with E-state index in [-0.39, 0.29) is 6.54 Å². The summed E-state index contributed by atoms with van der Waals surface area (Å²) in [6, 6.07) is -1.21. The predicted molar refractivity (Wildman–Crippen MR) is 74.3 cm³/mol. The van der Waals surface area contributed by atoms with Crippen LogP contribution in [0.4, 0.5) is 4.79 Å². The minimum Gasteiger partial charge on any atom is -0.394 e. The summed E-state index contributed by atoms with van der Waals surface area (Å²) < 4.78 is 0. The Kier molecular flexibility index (Phi) is 4.43. The lowest BCUT2D eigenvalue weighted by Gasteiger charge is -2.35. The van der Waals surface area contributed by atoms with Gasteiger partial charge in [-0.3, -0.25) is 10.1 Å². The molecule has 3 atom stereocenters. The highest BCUT2D eigenvalue weighted by molar-refractivity contribution is 6.04. The van der Waals surface area contributed by atoms with Crippen molar-refractivity contribution < 1.29 is 19.8 Å². The third-order valence-electron chi connectivity index (χ3n) is 3.41. The molecule has 0 aromatic carbocycles. The fourth-order valence-electron chi connectivity index (χ4n) is 2.36. The van der Waals surface area contributed by atoms with Gasteiger partial charge in [0, 0.05) is 13.6 Å². The van der Waals surface area contributed by atoms with Gasteiger partial charge in [0.2, 0.25) is 0 Å². The predicted octanol–water partition coefficient (Wildman–Crippen LogP) is -2.34. The average Bonchev–Trinajstić information content (AvgIpc) is 2.81. The maximum atomic E-state index is 12.1. The summed E-state index contributed by atoms with van der Waals surface area (Å²) in [5.74, 6) is -0.0846. The topological polar surface area (TPSA) is 118 Å². The third-order valence-corrected chi connectivity index (χ3v) is 3.41. The van der Waals surface area contributed by atoms with Gasteiger partial charge in [-0.25, -0.2) is 9.79 Å². The number of amides is 3. The number of aliphatic hydroxyl groups is 2. The number of likely N-dealkylation sites (N-methyl/N-ethyl adjacent to an activating group) is 1. The van der Waals surface area contributed by atoms with E-state index in [1.54, 1.807) is 18.0 Å². The summed E-state index contributed by atoms with van der Waals surface area (Å²) in [6.45, 7) is 3.49. The molecule has 21 heavy (non-hydrogen) atoms. The lowest BCUT2D eigenvalue weighted by atomic mass is 10.1. The van der Waals surface area contributed by atoms with Gasteiger partial charge in [0.1, 0.15) is 6.17 Å². The normalized spacial score (nSPS) is 28.2. The monoisotopic (exact) mass is 297 g/mol. The van der Waals surface area contributed by atoms with Crippen LogP contribution >= 0.6 is 0 Å². The van der Waals surface area contributed by atoms with Crippen molar-refractivity contribution in [3.8, 4) is 0 Å². The highest BCUT2D eigenvalue weighted by atomic mass is 16.3. The van der Waals surface area contributed by atoms with E-state index in [2.05, 4.69) is 22.2 Å². The Morgan fingerprint density at radius 3 is 2.86 bits per heavy atom. The van der Waals surface area contributed by atoms with Gasteiger partial charge in [-0.1, -0.05) is 6.08 Å². The van der Waals surface area contributed by atoms with Crippen molar-refractivity contribution in [2.75, 3.05) is 26.7 Å². The van der Waals surface area contributed by atoms with Gasteiger partial charge in [-0.2, -0.15) is 0 Å².